The van der Waals surface area contributed by atoms with Crippen LogP contribution in [-0.2, 0) is 14.4 Å². The number of rotatable bonds is 6. The van der Waals surface area contributed by atoms with E-state index in [1.807, 2.05) is 13.0 Å². The quantitative estimate of drug-likeness (QED) is 0.805. The van der Waals surface area contributed by atoms with Crippen LogP contribution in [0.4, 0.5) is 5.69 Å². The van der Waals surface area contributed by atoms with Crippen LogP contribution in [0.1, 0.15) is 19.8 Å². The van der Waals surface area contributed by atoms with Gasteiger partial charge < -0.3 is 15.5 Å². The van der Waals surface area contributed by atoms with Gasteiger partial charge in [-0.25, -0.2) is 0 Å². The van der Waals surface area contributed by atoms with Crippen LogP contribution in [0.3, 0.4) is 0 Å². The highest BCUT2D eigenvalue weighted by Crippen LogP contribution is 2.38. The van der Waals surface area contributed by atoms with E-state index in [1.165, 1.54) is 16.7 Å². The highest BCUT2D eigenvalue weighted by molar-refractivity contribution is 8.01. The molecule has 130 valence electrons. The number of carbonyl (C=O) groups is 3. The van der Waals surface area contributed by atoms with Gasteiger partial charge in [-0.15, -0.1) is 11.8 Å². The van der Waals surface area contributed by atoms with Crippen molar-refractivity contribution < 1.29 is 14.4 Å². The number of carbonyl (C=O) groups excluding carboxylic acids is 3. The molecule has 1 atom stereocenters. The van der Waals surface area contributed by atoms with Gasteiger partial charge in [0.1, 0.15) is 0 Å². The molecule has 2 rings (SSSR count). The lowest BCUT2D eigenvalue weighted by atomic mass is 10.2. The maximum atomic E-state index is 12.3. The van der Waals surface area contributed by atoms with Crippen LogP contribution in [-0.4, -0.2) is 48.0 Å². The van der Waals surface area contributed by atoms with Gasteiger partial charge in [0.25, 0.3) is 0 Å². The van der Waals surface area contributed by atoms with E-state index in [4.69, 9.17) is 11.6 Å². The molecule has 0 unspecified atom stereocenters. The minimum atomic E-state index is -0.521. The molecular weight excluding hydrogens is 350 g/mol. The Labute approximate surface area is 150 Å². The number of halogens is 1. The van der Waals surface area contributed by atoms with Gasteiger partial charge >= 0.3 is 0 Å². The summed E-state index contributed by atoms with van der Waals surface area (Å²) in [6.07, 6.45) is 0.877. The van der Waals surface area contributed by atoms with Crippen molar-refractivity contribution in [3.63, 3.8) is 0 Å². The number of anilines is 1. The van der Waals surface area contributed by atoms with E-state index < -0.39 is 5.25 Å². The minimum absolute atomic E-state index is 0.00989. The average Bonchev–Trinajstić information content (AvgIpc) is 2.53. The predicted octanol–water partition coefficient (Wildman–Crippen LogP) is 2.13. The van der Waals surface area contributed by atoms with Crippen LogP contribution in [0.25, 0.3) is 0 Å². The third-order valence-electron chi connectivity index (χ3n) is 3.50. The molecular formula is C16H20ClN3O3S. The zero-order chi connectivity index (χ0) is 17.7. The second-order valence-corrected chi connectivity index (χ2v) is 7.22. The minimum Gasteiger partial charge on any atom is -0.355 e. The number of likely N-dealkylation sites (N-methyl/N-ethyl adjacent to an activating group) is 1. The number of thioether (sulfide) groups is 1. The van der Waals surface area contributed by atoms with E-state index >= 15 is 0 Å². The standard InChI is InChI=1S/C16H20ClN3O3S/c1-3-6-18-14(21)9-20(2)15(22)8-13-16(23)19-11-7-10(17)4-5-12(11)24-13/h4-5,7,13H,3,6,8-9H2,1-2H3,(H,18,21)(H,19,23)/t13-/m1/s1. The Morgan fingerprint density at radius 3 is 2.88 bits per heavy atom. The van der Waals surface area contributed by atoms with E-state index in [2.05, 4.69) is 10.6 Å². The number of nitrogens with zero attached hydrogens (tertiary/aromatic N) is 1. The molecule has 0 aliphatic carbocycles. The summed E-state index contributed by atoms with van der Waals surface area (Å²) in [6.45, 7) is 2.53. The molecule has 0 bridgehead atoms. The SMILES string of the molecule is CCCNC(=O)CN(C)C(=O)C[C@H]1Sc2ccc(Cl)cc2NC1=O. The van der Waals surface area contributed by atoms with Gasteiger partial charge in [0.15, 0.2) is 0 Å². The molecule has 2 N–H and O–H groups in total. The molecule has 0 fully saturated rings. The molecule has 6 nitrogen and oxygen atoms in total. The van der Waals surface area contributed by atoms with E-state index in [-0.39, 0.29) is 30.7 Å². The number of hydrogen-bond donors (Lipinski definition) is 2. The van der Waals surface area contributed by atoms with Crippen LogP contribution in [0.2, 0.25) is 5.02 Å². The van der Waals surface area contributed by atoms with E-state index in [0.29, 0.717) is 17.3 Å². The predicted molar refractivity (Wildman–Crippen MR) is 95.3 cm³/mol. The Kier molecular flexibility index (Phi) is 6.51. The van der Waals surface area contributed by atoms with Gasteiger partial charge in [-0.2, -0.15) is 0 Å². The van der Waals surface area contributed by atoms with Crippen molar-refractivity contribution in [3.8, 4) is 0 Å². The Morgan fingerprint density at radius 1 is 1.42 bits per heavy atom. The molecule has 1 heterocycles. The first-order valence-electron chi connectivity index (χ1n) is 7.68. The van der Waals surface area contributed by atoms with Crippen molar-refractivity contribution in [3.05, 3.63) is 23.2 Å². The van der Waals surface area contributed by atoms with Crippen LogP contribution in [0.5, 0.6) is 0 Å². The lowest BCUT2D eigenvalue weighted by Gasteiger charge is -2.25. The molecule has 1 aliphatic rings. The van der Waals surface area contributed by atoms with Gasteiger partial charge in [-0.1, -0.05) is 18.5 Å². The fraction of sp³-hybridized carbons (Fsp3) is 0.438. The molecule has 3 amide bonds. The summed E-state index contributed by atoms with van der Waals surface area (Å²) in [7, 11) is 1.56. The molecule has 1 aromatic rings. The lowest BCUT2D eigenvalue weighted by molar-refractivity contribution is -0.135. The third kappa shape index (κ3) is 4.88. The average molecular weight is 370 g/mol. The summed E-state index contributed by atoms with van der Waals surface area (Å²) in [5.74, 6) is -0.674. The normalized spacial score (nSPS) is 16.1. The summed E-state index contributed by atoms with van der Waals surface area (Å²) >= 11 is 7.25. The Bertz CT molecular complexity index is 653. The summed E-state index contributed by atoms with van der Waals surface area (Å²) in [5.41, 5.74) is 0.661. The number of benzene rings is 1. The molecule has 0 spiro atoms. The third-order valence-corrected chi connectivity index (χ3v) is 5.01. The van der Waals surface area contributed by atoms with E-state index in [1.54, 1.807) is 19.2 Å². The van der Waals surface area contributed by atoms with E-state index in [0.717, 1.165) is 11.3 Å². The maximum absolute atomic E-state index is 12.3. The van der Waals surface area contributed by atoms with Crippen molar-refractivity contribution in [2.75, 3.05) is 25.5 Å². The molecule has 0 aromatic heterocycles. The van der Waals surface area contributed by atoms with Crippen molar-refractivity contribution in [1.29, 1.82) is 0 Å². The molecule has 1 aromatic carbocycles. The van der Waals surface area contributed by atoms with Crippen molar-refractivity contribution in [2.24, 2.45) is 0 Å². The molecule has 1 aliphatic heterocycles. The summed E-state index contributed by atoms with van der Waals surface area (Å²) in [6, 6.07) is 5.25. The molecule has 8 heteroatoms. The lowest BCUT2D eigenvalue weighted by Crippen LogP contribution is -2.41. The van der Waals surface area contributed by atoms with Crippen LogP contribution >= 0.6 is 23.4 Å². The van der Waals surface area contributed by atoms with Gasteiger partial charge in [0.2, 0.25) is 17.7 Å². The fourth-order valence-electron chi connectivity index (χ4n) is 2.20. The fourth-order valence-corrected chi connectivity index (χ4v) is 3.45. The zero-order valence-corrected chi connectivity index (χ0v) is 15.2. The summed E-state index contributed by atoms with van der Waals surface area (Å²) < 4.78 is 0. The number of hydrogen-bond acceptors (Lipinski definition) is 4. The van der Waals surface area contributed by atoms with Crippen molar-refractivity contribution >= 4 is 46.8 Å². The number of amides is 3. The first-order valence-corrected chi connectivity index (χ1v) is 8.94. The Balaban J connectivity index is 1.93. The van der Waals surface area contributed by atoms with Crippen LogP contribution in [0.15, 0.2) is 23.1 Å². The van der Waals surface area contributed by atoms with Gasteiger partial charge in [-0.05, 0) is 24.6 Å². The first kappa shape index (κ1) is 18.6. The highest BCUT2D eigenvalue weighted by atomic mass is 35.5. The van der Waals surface area contributed by atoms with Crippen molar-refractivity contribution in [1.82, 2.24) is 10.2 Å². The largest absolute Gasteiger partial charge is 0.355 e. The van der Waals surface area contributed by atoms with Gasteiger partial charge in [0, 0.05) is 29.9 Å². The second kappa shape index (κ2) is 8.39. The van der Waals surface area contributed by atoms with E-state index in [9.17, 15) is 14.4 Å². The summed E-state index contributed by atoms with van der Waals surface area (Å²) in [4.78, 5) is 38.3. The molecule has 0 saturated carbocycles. The first-order chi connectivity index (χ1) is 11.4. The maximum Gasteiger partial charge on any atom is 0.239 e. The number of nitrogens with one attached hydrogen (secondary N) is 2. The number of fused-ring (bicyclic) bond motifs is 1. The Morgan fingerprint density at radius 2 is 2.17 bits per heavy atom. The highest BCUT2D eigenvalue weighted by Gasteiger charge is 2.30. The van der Waals surface area contributed by atoms with Gasteiger partial charge in [0.05, 0.1) is 17.5 Å². The smallest absolute Gasteiger partial charge is 0.239 e. The molecule has 0 radical (unpaired) electrons. The monoisotopic (exact) mass is 369 g/mol. The zero-order valence-electron chi connectivity index (χ0n) is 13.6. The molecule has 0 saturated heterocycles. The topological polar surface area (TPSA) is 78.5 Å². The summed E-state index contributed by atoms with van der Waals surface area (Å²) in [5, 5.41) is 5.51. The van der Waals surface area contributed by atoms with Crippen molar-refractivity contribution in [2.45, 2.75) is 29.9 Å². The second-order valence-electron chi connectivity index (χ2n) is 5.54. The molecule has 24 heavy (non-hydrogen) atoms. The van der Waals surface area contributed by atoms with Gasteiger partial charge in [-0.3, -0.25) is 14.4 Å². The van der Waals surface area contributed by atoms with Crippen LogP contribution < -0.4 is 10.6 Å². The Hall–Kier alpha value is -1.73. The van der Waals surface area contributed by atoms with Crippen LogP contribution in [0, 0.1) is 0 Å².